The molecular formula is C14H18Cl2O2. The van der Waals surface area contributed by atoms with E-state index in [0.717, 1.165) is 0 Å². The summed E-state index contributed by atoms with van der Waals surface area (Å²) in [4.78, 5) is 23.3. The number of carbonyl (C=O) groups excluding carboxylic acids is 2. The third-order valence-electron chi connectivity index (χ3n) is 2.30. The molecule has 0 saturated carbocycles. The Bertz CT molecular complexity index is 399. The van der Waals surface area contributed by atoms with Crippen LogP contribution in [0.4, 0.5) is 0 Å². The Morgan fingerprint density at radius 2 is 1.17 bits per heavy atom. The average Bonchev–Trinajstić information content (AvgIpc) is 2.41. The van der Waals surface area contributed by atoms with Gasteiger partial charge in [-0.1, -0.05) is 50.9 Å². The number of rotatable bonds is 4. The molecule has 0 atom stereocenters. The molecule has 1 aromatic carbocycles. The molecule has 0 amide bonds. The number of carbonyl (C=O) groups is 2. The lowest BCUT2D eigenvalue weighted by Crippen LogP contribution is -2.08. The summed E-state index contributed by atoms with van der Waals surface area (Å²) >= 11 is 11.7. The van der Waals surface area contributed by atoms with Gasteiger partial charge in [-0.25, -0.2) is 0 Å². The lowest BCUT2D eigenvalue weighted by Gasteiger charge is -2.08. The van der Waals surface area contributed by atoms with Crippen LogP contribution in [-0.4, -0.2) is 11.6 Å². The summed E-state index contributed by atoms with van der Waals surface area (Å²) in [6.45, 7) is 7.48. The lowest BCUT2D eigenvalue weighted by atomic mass is 9.98. The maximum absolute atomic E-state index is 11.7. The monoisotopic (exact) mass is 288 g/mol. The van der Waals surface area contributed by atoms with E-state index in [1.807, 2.05) is 13.8 Å². The molecule has 0 spiro atoms. The number of hydrogen-bond acceptors (Lipinski definition) is 2. The fraction of sp³-hybridized carbons (Fsp3) is 0.429. The van der Waals surface area contributed by atoms with Crippen molar-refractivity contribution >= 4 is 34.8 Å². The highest BCUT2D eigenvalue weighted by atomic mass is 35.5. The van der Waals surface area contributed by atoms with E-state index in [1.165, 1.54) is 12.1 Å². The minimum Gasteiger partial charge on any atom is -0.294 e. The van der Waals surface area contributed by atoms with Gasteiger partial charge < -0.3 is 0 Å². The van der Waals surface area contributed by atoms with Crippen molar-refractivity contribution in [2.75, 3.05) is 0 Å². The Morgan fingerprint density at radius 1 is 0.889 bits per heavy atom. The van der Waals surface area contributed by atoms with Gasteiger partial charge in [-0.3, -0.25) is 9.59 Å². The second kappa shape index (κ2) is 8.28. The molecule has 0 N–H and O–H groups in total. The van der Waals surface area contributed by atoms with Crippen molar-refractivity contribution in [3.8, 4) is 0 Å². The van der Waals surface area contributed by atoms with E-state index in [0.29, 0.717) is 34.0 Å². The van der Waals surface area contributed by atoms with Gasteiger partial charge in [0.1, 0.15) is 0 Å². The van der Waals surface area contributed by atoms with E-state index < -0.39 is 0 Å². The molecule has 0 heterocycles. The van der Waals surface area contributed by atoms with Crippen LogP contribution in [0.5, 0.6) is 0 Å². The fourth-order valence-corrected chi connectivity index (χ4v) is 1.72. The Balaban J connectivity index is 0.00000137. The minimum absolute atomic E-state index is 0.102. The molecule has 18 heavy (non-hydrogen) atoms. The van der Waals surface area contributed by atoms with Gasteiger partial charge in [-0.2, -0.15) is 0 Å². The maximum Gasteiger partial charge on any atom is 0.163 e. The van der Waals surface area contributed by atoms with E-state index in [-0.39, 0.29) is 11.6 Å². The second-order valence-electron chi connectivity index (χ2n) is 3.37. The molecule has 0 saturated heterocycles. The molecule has 100 valence electrons. The zero-order valence-corrected chi connectivity index (χ0v) is 12.7. The first-order chi connectivity index (χ1) is 8.51. The van der Waals surface area contributed by atoms with Crippen LogP contribution in [-0.2, 0) is 0 Å². The van der Waals surface area contributed by atoms with Gasteiger partial charge in [0.05, 0.1) is 10.0 Å². The molecule has 1 aromatic rings. The van der Waals surface area contributed by atoms with Crippen LogP contribution in [0, 0.1) is 0 Å². The van der Waals surface area contributed by atoms with E-state index >= 15 is 0 Å². The van der Waals surface area contributed by atoms with Crippen molar-refractivity contribution < 1.29 is 9.59 Å². The average molecular weight is 289 g/mol. The molecule has 2 nitrogen and oxygen atoms in total. The molecule has 0 radical (unpaired) electrons. The Hall–Kier alpha value is -0.860. The van der Waals surface area contributed by atoms with Gasteiger partial charge in [0, 0.05) is 24.0 Å². The van der Waals surface area contributed by atoms with E-state index in [2.05, 4.69) is 0 Å². The van der Waals surface area contributed by atoms with Crippen molar-refractivity contribution in [1.82, 2.24) is 0 Å². The highest BCUT2D eigenvalue weighted by Gasteiger charge is 2.17. The van der Waals surface area contributed by atoms with Gasteiger partial charge >= 0.3 is 0 Å². The first-order valence-electron chi connectivity index (χ1n) is 6.06. The molecule has 1 rings (SSSR count). The van der Waals surface area contributed by atoms with Gasteiger partial charge in [0.2, 0.25) is 0 Å². The van der Waals surface area contributed by atoms with E-state index in [9.17, 15) is 9.59 Å². The topological polar surface area (TPSA) is 34.1 Å². The second-order valence-corrected chi connectivity index (χ2v) is 4.18. The normalized spacial score (nSPS) is 9.44. The largest absolute Gasteiger partial charge is 0.294 e. The predicted octanol–water partition coefficient (Wildman–Crippen LogP) is 5.21. The van der Waals surface area contributed by atoms with Crippen molar-refractivity contribution in [2.45, 2.75) is 40.5 Å². The minimum atomic E-state index is -0.102. The summed E-state index contributed by atoms with van der Waals surface area (Å²) in [5.74, 6) is -0.203. The molecule has 0 unspecified atom stereocenters. The SMILES string of the molecule is CC.CCC(=O)c1cc(Cl)c(Cl)cc1C(=O)CC. The zero-order valence-electron chi connectivity index (χ0n) is 11.1. The van der Waals surface area contributed by atoms with Crippen LogP contribution in [0.3, 0.4) is 0 Å². The number of benzene rings is 1. The maximum atomic E-state index is 11.7. The van der Waals surface area contributed by atoms with Crippen LogP contribution in [0.15, 0.2) is 12.1 Å². The van der Waals surface area contributed by atoms with Crippen LogP contribution in [0.1, 0.15) is 61.3 Å². The molecule has 0 aliphatic rings. The summed E-state index contributed by atoms with van der Waals surface area (Å²) < 4.78 is 0. The third-order valence-corrected chi connectivity index (χ3v) is 3.03. The number of Topliss-reactive ketones (excluding diaryl/α,β-unsaturated/α-hetero) is 2. The molecule has 0 aromatic heterocycles. The molecule has 0 bridgehead atoms. The van der Waals surface area contributed by atoms with Crippen molar-refractivity contribution in [3.05, 3.63) is 33.3 Å². The van der Waals surface area contributed by atoms with Crippen LogP contribution in [0.25, 0.3) is 0 Å². The smallest absolute Gasteiger partial charge is 0.163 e. The number of halogens is 2. The first-order valence-corrected chi connectivity index (χ1v) is 6.82. The first kappa shape index (κ1) is 17.1. The third kappa shape index (κ3) is 4.11. The van der Waals surface area contributed by atoms with Crippen LogP contribution in [0.2, 0.25) is 10.0 Å². The van der Waals surface area contributed by atoms with E-state index in [1.54, 1.807) is 13.8 Å². The highest BCUT2D eigenvalue weighted by Crippen LogP contribution is 2.27. The Labute approximate surface area is 118 Å². The van der Waals surface area contributed by atoms with Crippen LogP contribution < -0.4 is 0 Å². The van der Waals surface area contributed by atoms with Crippen molar-refractivity contribution in [1.29, 1.82) is 0 Å². The van der Waals surface area contributed by atoms with Gasteiger partial charge in [0.15, 0.2) is 11.6 Å². The highest BCUT2D eigenvalue weighted by molar-refractivity contribution is 6.42. The summed E-state index contributed by atoms with van der Waals surface area (Å²) in [6.07, 6.45) is 0.671. The predicted molar refractivity (Wildman–Crippen MR) is 77.1 cm³/mol. The number of ketones is 2. The number of hydrogen-bond donors (Lipinski definition) is 0. The summed E-state index contributed by atoms with van der Waals surface area (Å²) in [5, 5.41) is 0.595. The standard InChI is InChI=1S/C12H12Cl2O2.C2H6/c1-3-11(15)7-5-9(13)10(14)6-8(7)12(16)4-2;1-2/h5-6H,3-4H2,1-2H3;1-2H3. The molecule has 0 fully saturated rings. The summed E-state index contributed by atoms with van der Waals surface area (Å²) in [5.41, 5.74) is 0.729. The molecule has 0 aliphatic carbocycles. The summed E-state index contributed by atoms with van der Waals surface area (Å²) in [6, 6.07) is 2.94. The van der Waals surface area contributed by atoms with Crippen molar-refractivity contribution in [3.63, 3.8) is 0 Å². The van der Waals surface area contributed by atoms with Gasteiger partial charge in [-0.05, 0) is 12.1 Å². The molecule has 0 aliphatic heterocycles. The Kier molecular flexibility index (Phi) is 7.88. The molecule has 4 heteroatoms. The zero-order chi connectivity index (χ0) is 14.3. The van der Waals surface area contributed by atoms with Gasteiger partial charge in [-0.15, -0.1) is 0 Å². The molecular weight excluding hydrogens is 271 g/mol. The quantitative estimate of drug-likeness (QED) is 0.713. The summed E-state index contributed by atoms with van der Waals surface area (Å²) in [7, 11) is 0. The van der Waals surface area contributed by atoms with Crippen LogP contribution >= 0.6 is 23.2 Å². The van der Waals surface area contributed by atoms with Crippen molar-refractivity contribution in [2.24, 2.45) is 0 Å². The fourth-order valence-electron chi connectivity index (χ4n) is 1.39. The van der Waals surface area contributed by atoms with Gasteiger partial charge in [0.25, 0.3) is 0 Å². The van der Waals surface area contributed by atoms with E-state index in [4.69, 9.17) is 23.2 Å². The Morgan fingerprint density at radius 3 is 1.39 bits per heavy atom. The lowest BCUT2D eigenvalue weighted by molar-refractivity contribution is 0.0955.